The van der Waals surface area contributed by atoms with E-state index in [2.05, 4.69) is 0 Å². The van der Waals surface area contributed by atoms with Gasteiger partial charge >= 0.3 is 0 Å². The van der Waals surface area contributed by atoms with Gasteiger partial charge in [0.1, 0.15) is 11.8 Å². The summed E-state index contributed by atoms with van der Waals surface area (Å²) in [6, 6.07) is 3.89. The summed E-state index contributed by atoms with van der Waals surface area (Å²) in [5.74, 6) is -0.508. The smallest absolute Gasteiger partial charge is 0.254 e. The maximum atomic E-state index is 12.4. The number of nitrogens with two attached hydrogens (primary N) is 2. The Labute approximate surface area is 122 Å². The lowest BCUT2D eigenvalue weighted by Crippen LogP contribution is -2.43. The highest BCUT2D eigenvalue weighted by molar-refractivity contribution is 5.98. The van der Waals surface area contributed by atoms with Crippen molar-refractivity contribution in [2.24, 2.45) is 5.73 Å². The first-order valence-electron chi connectivity index (χ1n) is 6.74. The number of primary amides is 1. The molecule has 7 heteroatoms. The summed E-state index contributed by atoms with van der Waals surface area (Å²) in [6.45, 7) is 2.39. The van der Waals surface area contributed by atoms with Crippen LogP contribution in [0, 0.1) is 0 Å². The van der Waals surface area contributed by atoms with Gasteiger partial charge in [0.25, 0.3) is 5.91 Å². The number of hydrogen-bond donors (Lipinski definition) is 3. The Morgan fingerprint density at radius 3 is 2.76 bits per heavy atom. The molecular formula is C14H19N3O4. The van der Waals surface area contributed by atoms with Gasteiger partial charge in [-0.1, -0.05) is 0 Å². The van der Waals surface area contributed by atoms with Crippen LogP contribution in [0.4, 0.5) is 5.69 Å². The van der Waals surface area contributed by atoms with Crippen molar-refractivity contribution in [1.29, 1.82) is 0 Å². The Morgan fingerprint density at radius 1 is 1.48 bits per heavy atom. The summed E-state index contributed by atoms with van der Waals surface area (Å²) in [5.41, 5.74) is 11.8. The number of anilines is 1. The molecule has 2 amide bonds. The molecule has 1 aromatic carbocycles. The lowest BCUT2D eigenvalue weighted by atomic mass is 10.1. The predicted molar refractivity (Wildman–Crippen MR) is 76.7 cm³/mol. The van der Waals surface area contributed by atoms with Crippen molar-refractivity contribution < 1.29 is 19.4 Å². The monoisotopic (exact) mass is 293 g/mol. The number of nitrogen functional groups attached to an aromatic ring is 1. The van der Waals surface area contributed by atoms with Gasteiger partial charge in [-0.3, -0.25) is 9.59 Å². The minimum atomic E-state index is -0.791. The van der Waals surface area contributed by atoms with Crippen LogP contribution in [-0.2, 0) is 4.79 Å². The zero-order valence-electron chi connectivity index (χ0n) is 11.8. The molecule has 0 aromatic heterocycles. The first-order valence-corrected chi connectivity index (χ1v) is 6.74. The van der Waals surface area contributed by atoms with Crippen LogP contribution in [-0.4, -0.2) is 47.1 Å². The number of ether oxygens (including phenoxy) is 1. The van der Waals surface area contributed by atoms with E-state index in [9.17, 15) is 14.7 Å². The second-order valence-electron chi connectivity index (χ2n) is 4.95. The van der Waals surface area contributed by atoms with Crippen LogP contribution in [0.5, 0.6) is 5.75 Å². The minimum Gasteiger partial charge on any atom is -0.492 e. The van der Waals surface area contributed by atoms with Gasteiger partial charge < -0.3 is 26.2 Å². The summed E-state index contributed by atoms with van der Waals surface area (Å²) >= 11 is 0. The van der Waals surface area contributed by atoms with E-state index in [4.69, 9.17) is 16.2 Å². The van der Waals surface area contributed by atoms with Gasteiger partial charge in [-0.25, -0.2) is 0 Å². The number of hydrogen-bond acceptors (Lipinski definition) is 5. The molecule has 2 rings (SSSR count). The Hall–Kier alpha value is -2.28. The number of nitrogens with zero attached hydrogens (tertiary/aromatic N) is 1. The largest absolute Gasteiger partial charge is 0.492 e. The van der Waals surface area contributed by atoms with E-state index >= 15 is 0 Å². The number of amides is 2. The molecule has 0 saturated carbocycles. The van der Waals surface area contributed by atoms with Crippen molar-refractivity contribution in [2.75, 3.05) is 18.9 Å². The quantitative estimate of drug-likeness (QED) is 0.660. The van der Waals surface area contributed by atoms with Crippen molar-refractivity contribution >= 4 is 17.5 Å². The average Bonchev–Trinajstić information content (AvgIpc) is 2.83. The van der Waals surface area contributed by atoms with Crippen molar-refractivity contribution in [1.82, 2.24) is 4.90 Å². The molecular weight excluding hydrogens is 274 g/mol. The average molecular weight is 293 g/mol. The van der Waals surface area contributed by atoms with Gasteiger partial charge in [0.2, 0.25) is 5.91 Å². The second kappa shape index (κ2) is 6.01. The number of benzene rings is 1. The van der Waals surface area contributed by atoms with Crippen molar-refractivity contribution in [3.05, 3.63) is 23.8 Å². The normalized spacial score (nSPS) is 21.3. The molecule has 5 N–H and O–H groups in total. The fraction of sp³-hybridized carbons (Fsp3) is 0.429. The molecule has 1 aliphatic rings. The molecule has 1 aliphatic heterocycles. The molecule has 1 heterocycles. The fourth-order valence-corrected chi connectivity index (χ4v) is 2.44. The number of aliphatic hydroxyl groups excluding tert-OH is 1. The van der Waals surface area contributed by atoms with E-state index in [0.29, 0.717) is 23.6 Å². The van der Waals surface area contributed by atoms with E-state index in [1.54, 1.807) is 12.1 Å². The van der Waals surface area contributed by atoms with Crippen LogP contribution in [0.2, 0.25) is 0 Å². The molecule has 2 unspecified atom stereocenters. The molecule has 1 fully saturated rings. The Kier molecular flexibility index (Phi) is 4.32. The Morgan fingerprint density at radius 2 is 2.19 bits per heavy atom. The number of aliphatic hydroxyl groups is 1. The van der Waals surface area contributed by atoms with Crippen LogP contribution < -0.4 is 16.2 Å². The van der Waals surface area contributed by atoms with E-state index < -0.39 is 18.1 Å². The Balaban J connectivity index is 2.23. The van der Waals surface area contributed by atoms with Crippen LogP contribution in [0.25, 0.3) is 0 Å². The van der Waals surface area contributed by atoms with E-state index in [1.165, 1.54) is 11.0 Å². The first kappa shape index (κ1) is 15.1. The summed E-state index contributed by atoms with van der Waals surface area (Å²) in [5, 5.41) is 9.64. The molecule has 0 radical (unpaired) electrons. The lowest BCUT2D eigenvalue weighted by Gasteiger charge is -2.22. The standard InChI is InChI=1S/C14H19N3O4/c1-2-21-12-4-3-8(5-10(12)15)14(20)17-7-9(18)6-11(17)13(16)19/h3-5,9,11,18H,2,6-7,15H2,1H3,(H2,16,19). The lowest BCUT2D eigenvalue weighted by molar-refractivity contribution is -0.121. The van der Waals surface area contributed by atoms with E-state index in [0.717, 1.165) is 0 Å². The number of β-amino-alcohol motifs (C(OH)–C–C–N with tert-alkyl or cyclic N) is 1. The maximum absolute atomic E-state index is 12.4. The third kappa shape index (κ3) is 3.08. The molecule has 1 saturated heterocycles. The first-order chi connectivity index (χ1) is 9.93. The number of likely N-dealkylation sites (tertiary alicyclic amines) is 1. The number of rotatable bonds is 4. The number of carbonyl (C=O) groups excluding carboxylic acids is 2. The third-order valence-corrected chi connectivity index (χ3v) is 3.42. The van der Waals surface area contributed by atoms with Crippen LogP contribution in [0.15, 0.2) is 18.2 Å². The summed E-state index contributed by atoms with van der Waals surface area (Å²) in [7, 11) is 0. The van der Waals surface area contributed by atoms with Crippen LogP contribution >= 0.6 is 0 Å². The van der Waals surface area contributed by atoms with Crippen LogP contribution in [0.1, 0.15) is 23.7 Å². The minimum absolute atomic E-state index is 0.0829. The molecule has 0 spiro atoms. The summed E-state index contributed by atoms with van der Waals surface area (Å²) in [4.78, 5) is 25.1. The summed E-state index contributed by atoms with van der Waals surface area (Å²) in [6.07, 6.45) is -0.584. The van der Waals surface area contributed by atoms with Gasteiger partial charge in [0, 0.05) is 18.5 Å². The van der Waals surface area contributed by atoms with Gasteiger partial charge in [0.05, 0.1) is 18.4 Å². The summed E-state index contributed by atoms with van der Waals surface area (Å²) < 4.78 is 5.31. The molecule has 0 bridgehead atoms. The molecule has 7 nitrogen and oxygen atoms in total. The van der Waals surface area contributed by atoms with Gasteiger partial charge in [-0.15, -0.1) is 0 Å². The van der Waals surface area contributed by atoms with E-state index in [1.807, 2.05) is 6.92 Å². The molecule has 2 atom stereocenters. The second-order valence-corrected chi connectivity index (χ2v) is 4.95. The number of carbonyl (C=O) groups is 2. The van der Waals surface area contributed by atoms with Gasteiger partial charge in [0.15, 0.2) is 0 Å². The molecule has 1 aromatic rings. The van der Waals surface area contributed by atoms with Crippen molar-refractivity contribution in [3.63, 3.8) is 0 Å². The predicted octanol–water partition coefficient (Wildman–Crippen LogP) is -0.272. The van der Waals surface area contributed by atoms with Gasteiger partial charge in [-0.2, -0.15) is 0 Å². The zero-order chi connectivity index (χ0) is 15.6. The maximum Gasteiger partial charge on any atom is 0.254 e. The molecule has 21 heavy (non-hydrogen) atoms. The zero-order valence-corrected chi connectivity index (χ0v) is 11.8. The molecule has 114 valence electrons. The van der Waals surface area contributed by atoms with Gasteiger partial charge in [-0.05, 0) is 25.1 Å². The Bertz CT molecular complexity index is 561. The third-order valence-electron chi connectivity index (χ3n) is 3.42. The topological polar surface area (TPSA) is 119 Å². The highest BCUT2D eigenvalue weighted by Gasteiger charge is 2.38. The van der Waals surface area contributed by atoms with Crippen molar-refractivity contribution in [2.45, 2.75) is 25.5 Å². The van der Waals surface area contributed by atoms with Crippen LogP contribution in [0.3, 0.4) is 0 Å². The highest BCUT2D eigenvalue weighted by atomic mass is 16.5. The fourth-order valence-electron chi connectivity index (χ4n) is 2.44. The molecule has 0 aliphatic carbocycles. The highest BCUT2D eigenvalue weighted by Crippen LogP contribution is 2.25. The van der Waals surface area contributed by atoms with E-state index in [-0.39, 0.29) is 18.9 Å². The SMILES string of the molecule is CCOc1ccc(C(=O)N2CC(O)CC2C(N)=O)cc1N. The van der Waals surface area contributed by atoms with Crippen molar-refractivity contribution in [3.8, 4) is 5.75 Å².